The number of thiazole rings is 1. The highest BCUT2D eigenvalue weighted by Crippen LogP contribution is 2.27. The van der Waals surface area contributed by atoms with Crippen molar-refractivity contribution in [3.05, 3.63) is 39.9 Å². The zero-order valence-corrected chi connectivity index (χ0v) is 12.0. The van der Waals surface area contributed by atoms with Gasteiger partial charge in [-0.05, 0) is 31.0 Å². The van der Waals surface area contributed by atoms with Crippen molar-refractivity contribution in [1.82, 2.24) is 4.98 Å². The van der Waals surface area contributed by atoms with Crippen molar-refractivity contribution in [2.75, 3.05) is 12.8 Å². The molecule has 0 amide bonds. The molecule has 0 atom stereocenters. The molecule has 0 unspecified atom stereocenters. The van der Waals surface area contributed by atoms with Crippen LogP contribution >= 0.6 is 11.3 Å². The average Bonchev–Trinajstić information content (AvgIpc) is 2.77. The number of nitrogen functional groups attached to an aromatic ring is 1. The summed E-state index contributed by atoms with van der Waals surface area (Å²) in [6.45, 7) is 3.94. The lowest BCUT2D eigenvalue weighted by Crippen LogP contribution is -2.07. The number of hydrogen-bond donors (Lipinski definition) is 1. The highest BCUT2D eigenvalue weighted by Gasteiger charge is 2.16. The number of nitrogens with zero attached hydrogens (tertiary/aromatic N) is 1. The van der Waals surface area contributed by atoms with E-state index in [0.29, 0.717) is 22.1 Å². The number of ketones is 1. The smallest absolute Gasteiger partial charge is 0.180 e. The third-order valence-electron chi connectivity index (χ3n) is 3.09. The molecule has 1 aromatic carbocycles. The second kappa shape index (κ2) is 5.40. The van der Waals surface area contributed by atoms with E-state index in [1.54, 1.807) is 18.6 Å². The summed E-state index contributed by atoms with van der Waals surface area (Å²) in [5, 5.41) is 2.29. The van der Waals surface area contributed by atoms with Crippen molar-refractivity contribution >= 4 is 22.3 Å². The molecule has 0 saturated heterocycles. The molecule has 0 aliphatic carbocycles. The van der Waals surface area contributed by atoms with Crippen LogP contribution in [0.15, 0.2) is 17.5 Å². The van der Waals surface area contributed by atoms with Crippen LogP contribution in [0.4, 0.5) is 5.13 Å². The van der Waals surface area contributed by atoms with E-state index in [9.17, 15) is 4.79 Å². The number of carbonyl (C=O) groups excluding carboxylic acids is 1. The van der Waals surface area contributed by atoms with E-state index in [2.05, 4.69) is 4.98 Å². The number of anilines is 1. The lowest BCUT2D eigenvalue weighted by atomic mass is 9.99. The summed E-state index contributed by atoms with van der Waals surface area (Å²) in [7, 11) is 1.58. The summed E-state index contributed by atoms with van der Waals surface area (Å²) in [6, 6.07) is 3.74. The van der Waals surface area contributed by atoms with Gasteiger partial charge in [0.05, 0.1) is 24.8 Å². The number of Topliss-reactive ketones (excluding diaryl/α,β-unsaturated/α-hetero) is 1. The van der Waals surface area contributed by atoms with Crippen LogP contribution in [0.5, 0.6) is 5.75 Å². The minimum Gasteiger partial charge on any atom is -0.496 e. The number of ether oxygens (including phenoxy) is 1. The van der Waals surface area contributed by atoms with Crippen LogP contribution in [-0.4, -0.2) is 17.9 Å². The first-order valence-corrected chi connectivity index (χ1v) is 6.78. The van der Waals surface area contributed by atoms with Gasteiger partial charge in [0.1, 0.15) is 5.75 Å². The molecule has 0 spiro atoms. The van der Waals surface area contributed by atoms with Crippen LogP contribution in [0.25, 0.3) is 0 Å². The molecule has 0 bridgehead atoms. The summed E-state index contributed by atoms with van der Waals surface area (Å²) in [5.74, 6) is 0.637. The molecule has 5 heteroatoms. The average molecular weight is 276 g/mol. The zero-order valence-electron chi connectivity index (χ0n) is 11.2. The molecule has 19 heavy (non-hydrogen) atoms. The lowest BCUT2D eigenvalue weighted by molar-refractivity contribution is 0.0989. The van der Waals surface area contributed by atoms with Crippen molar-refractivity contribution in [3.63, 3.8) is 0 Å². The number of rotatable bonds is 4. The van der Waals surface area contributed by atoms with Crippen molar-refractivity contribution in [2.45, 2.75) is 20.3 Å². The standard InChI is InChI=1S/C14H16N2O2S/c1-8-4-5-11(13(18-3)9(8)2)12(17)6-10-7-19-14(15)16-10/h4-5,7H,6H2,1-3H3,(H2,15,16). The Balaban J connectivity index is 2.31. The molecule has 2 N–H and O–H groups in total. The Labute approximate surface area is 116 Å². The van der Waals surface area contributed by atoms with Crippen LogP contribution in [-0.2, 0) is 6.42 Å². The quantitative estimate of drug-likeness (QED) is 0.872. The SMILES string of the molecule is COc1c(C(=O)Cc2csc(N)n2)ccc(C)c1C. The molecular formula is C14H16N2O2S. The molecule has 0 saturated carbocycles. The second-order valence-corrected chi connectivity index (χ2v) is 5.25. The largest absolute Gasteiger partial charge is 0.496 e. The van der Waals surface area contributed by atoms with E-state index in [1.807, 2.05) is 19.9 Å². The number of benzene rings is 1. The van der Waals surface area contributed by atoms with Crippen LogP contribution in [0.2, 0.25) is 0 Å². The molecule has 100 valence electrons. The van der Waals surface area contributed by atoms with Gasteiger partial charge in [0, 0.05) is 5.38 Å². The molecule has 2 rings (SSSR count). The molecule has 2 aromatic rings. The van der Waals surface area contributed by atoms with Gasteiger partial charge in [-0.3, -0.25) is 4.79 Å². The van der Waals surface area contributed by atoms with Gasteiger partial charge < -0.3 is 10.5 Å². The first kappa shape index (κ1) is 13.5. The Bertz CT molecular complexity index is 620. The number of aromatic nitrogens is 1. The van der Waals surface area contributed by atoms with Crippen molar-refractivity contribution < 1.29 is 9.53 Å². The van der Waals surface area contributed by atoms with Crippen LogP contribution < -0.4 is 10.5 Å². The number of methoxy groups -OCH3 is 1. The van der Waals surface area contributed by atoms with Crippen molar-refractivity contribution in [2.24, 2.45) is 0 Å². The first-order chi connectivity index (χ1) is 9.02. The van der Waals surface area contributed by atoms with E-state index < -0.39 is 0 Å². The Morgan fingerprint density at radius 1 is 1.42 bits per heavy atom. The maximum absolute atomic E-state index is 12.3. The van der Waals surface area contributed by atoms with Crippen LogP contribution in [0.3, 0.4) is 0 Å². The van der Waals surface area contributed by atoms with E-state index in [4.69, 9.17) is 10.5 Å². The zero-order chi connectivity index (χ0) is 14.0. The number of hydrogen-bond acceptors (Lipinski definition) is 5. The Morgan fingerprint density at radius 3 is 2.74 bits per heavy atom. The number of aryl methyl sites for hydroxylation is 1. The van der Waals surface area contributed by atoms with Gasteiger partial charge in [0.15, 0.2) is 10.9 Å². The number of nitrogens with two attached hydrogens (primary N) is 1. The summed E-state index contributed by atoms with van der Waals surface area (Å²) in [6.07, 6.45) is 0.243. The number of carbonyl (C=O) groups is 1. The minimum absolute atomic E-state index is 0.00903. The van der Waals surface area contributed by atoms with Gasteiger partial charge in [-0.1, -0.05) is 6.07 Å². The van der Waals surface area contributed by atoms with Crippen LogP contribution in [0, 0.1) is 13.8 Å². The summed E-state index contributed by atoms with van der Waals surface area (Å²) in [4.78, 5) is 16.4. The fraction of sp³-hybridized carbons (Fsp3) is 0.286. The molecule has 0 aliphatic heterocycles. The van der Waals surface area contributed by atoms with Crippen molar-refractivity contribution in [1.29, 1.82) is 0 Å². The fourth-order valence-corrected chi connectivity index (χ4v) is 2.50. The van der Waals surface area contributed by atoms with E-state index >= 15 is 0 Å². The monoisotopic (exact) mass is 276 g/mol. The maximum Gasteiger partial charge on any atom is 0.180 e. The topological polar surface area (TPSA) is 65.2 Å². The fourth-order valence-electron chi connectivity index (χ4n) is 1.94. The predicted molar refractivity (Wildman–Crippen MR) is 77.0 cm³/mol. The molecule has 1 aromatic heterocycles. The van der Waals surface area contributed by atoms with E-state index in [0.717, 1.165) is 11.1 Å². The Morgan fingerprint density at radius 2 is 2.16 bits per heavy atom. The molecule has 1 heterocycles. The molecular weight excluding hydrogens is 260 g/mol. The van der Waals surface area contributed by atoms with Gasteiger partial charge in [-0.15, -0.1) is 11.3 Å². The highest BCUT2D eigenvalue weighted by molar-refractivity contribution is 7.13. The summed E-state index contributed by atoms with van der Waals surface area (Å²) >= 11 is 1.34. The molecule has 4 nitrogen and oxygen atoms in total. The third kappa shape index (κ3) is 2.76. The molecule has 0 radical (unpaired) electrons. The van der Waals surface area contributed by atoms with Gasteiger partial charge in [0.2, 0.25) is 0 Å². The van der Waals surface area contributed by atoms with E-state index in [-0.39, 0.29) is 12.2 Å². The van der Waals surface area contributed by atoms with Crippen molar-refractivity contribution in [3.8, 4) is 5.75 Å². The molecule has 0 fully saturated rings. The minimum atomic E-state index is -0.00903. The van der Waals surface area contributed by atoms with Gasteiger partial charge in [-0.25, -0.2) is 4.98 Å². The van der Waals surface area contributed by atoms with Gasteiger partial charge >= 0.3 is 0 Å². The van der Waals surface area contributed by atoms with Gasteiger partial charge in [0.25, 0.3) is 0 Å². The molecule has 0 aliphatic rings. The normalized spacial score (nSPS) is 10.5. The predicted octanol–water partition coefficient (Wildman–Crippen LogP) is 2.78. The first-order valence-electron chi connectivity index (χ1n) is 5.90. The second-order valence-electron chi connectivity index (χ2n) is 4.37. The van der Waals surface area contributed by atoms with Gasteiger partial charge in [-0.2, -0.15) is 0 Å². The Kier molecular flexibility index (Phi) is 3.85. The van der Waals surface area contributed by atoms with E-state index in [1.165, 1.54) is 11.3 Å². The highest BCUT2D eigenvalue weighted by atomic mass is 32.1. The summed E-state index contributed by atoms with van der Waals surface area (Å²) < 4.78 is 5.36. The lowest BCUT2D eigenvalue weighted by Gasteiger charge is -2.12. The third-order valence-corrected chi connectivity index (χ3v) is 3.82. The van der Waals surface area contributed by atoms with Crippen LogP contribution in [0.1, 0.15) is 27.2 Å². The summed E-state index contributed by atoms with van der Waals surface area (Å²) in [5.41, 5.74) is 8.96. The Hall–Kier alpha value is -1.88. The maximum atomic E-state index is 12.3.